The molecule has 4 aromatic rings. The number of benzene rings is 2. The van der Waals surface area contributed by atoms with Crippen LogP contribution in [-0.2, 0) is 19.7 Å². The van der Waals surface area contributed by atoms with Crippen molar-refractivity contribution in [2.75, 3.05) is 41.0 Å². The van der Waals surface area contributed by atoms with Crippen LogP contribution in [0.3, 0.4) is 0 Å². The molecule has 2 saturated heterocycles. The second-order valence-corrected chi connectivity index (χ2v) is 10.4. The monoisotopic (exact) mass is 542 g/mol. The van der Waals surface area contributed by atoms with Gasteiger partial charge in [0.05, 0.1) is 18.9 Å². The van der Waals surface area contributed by atoms with Crippen molar-refractivity contribution < 1.29 is 28.4 Å². The molecule has 204 valence electrons. The Morgan fingerprint density at radius 2 is 1.62 bits per heavy atom. The van der Waals surface area contributed by atoms with Crippen molar-refractivity contribution in [3.63, 3.8) is 0 Å². The fourth-order valence-electron chi connectivity index (χ4n) is 4.56. The Hall–Kier alpha value is -4.84. The Labute approximate surface area is 229 Å². The molecule has 2 aliphatic heterocycles. The standard InChI is InChI=1S/C28H26N6O6/c1-28(2,3)21-16-22(31-40-21)34-25(36)24(35)33(27(34)37)19-8-9-20(18-7-5-4-6-17(18)19)39-23-10-11-29-26(30-23)32-12-14-38-15-13-32/h4-11,16H,12-15H2,1-3H3. The molecule has 12 nitrogen and oxygen atoms in total. The van der Waals surface area contributed by atoms with Crippen molar-refractivity contribution in [3.8, 4) is 11.6 Å². The maximum atomic E-state index is 13.5. The molecular formula is C28H26N6O6. The Morgan fingerprint density at radius 3 is 2.35 bits per heavy atom. The van der Waals surface area contributed by atoms with E-state index in [2.05, 4.69) is 15.1 Å². The van der Waals surface area contributed by atoms with Gasteiger partial charge < -0.3 is 18.9 Å². The van der Waals surface area contributed by atoms with Gasteiger partial charge in [0.15, 0.2) is 5.82 Å². The van der Waals surface area contributed by atoms with Gasteiger partial charge >= 0.3 is 17.8 Å². The van der Waals surface area contributed by atoms with Crippen LogP contribution < -0.4 is 19.4 Å². The summed E-state index contributed by atoms with van der Waals surface area (Å²) >= 11 is 0. The van der Waals surface area contributed by atoms with E-state index in [1.165, 1.54) is 6.07 Å². The topological polar surface area (TPSA) is 131 Å². The van der Waals surface area contributed by atoms with Gasteiger partial charge in [-0.05, 0) is 12.1 Å². The van der Waals surface area contributed by atoms with Crippen molar-refractivity contribution in [2.45, 2.75) is 26.2 Å². The lowest BCUT2D eigenvalue weighted by molar-refractivity contribution is -0.133. The lowest BCUT2D eigenvalue weighted by Crippen LogP contribution is -2.37. The molecule has 12 heteroatoms. The number of morpholine rings is 1. The number of imide groups is 2. The molecule has 0 bridgehead atoms. The maximum absolute atomic E-state index is 13.5. The summed E-state index contributed by atoms with van der Waals surface area (Å²) in [7, 11) is 0. The number of amides is 4. The number of rotatable bonds is 5. The first kappa shape index (κ1) is 25.4. The minimum atomic E-state index is -1.01. The molecule has 0 saturated carbocycles. The highest BCUT2D eigenvalue weighted by Crippen LogP contribution is 2.38. The molecule has 4 amide bonds. The van der Waals surface area contributed by atoms with Crippen LogP contribution in [-0.4, -0.2) is 59.3 Å². The second kappa shape index (κ2) is 9.72. The molecule has 0 N–H and O–H groups in total. The molecule has 0 atom stereocenters. The van der Waals surface area contributed by atoms with Crippen LogP contribution in [0, 0.1) is 0 Å². The Balaban J connectivity index is 1.33. The van der Waals surface area contributed by atoms with E-state index in [1.807, 2.05) is 31.7 Å². The Bertz CT molecular complexity index is 1640. The van der Waals surface area contributed by atoms with Gasteiger partial charge in [-0.3, -0.25) is 9.59 Å². The molecule has 0 radical (unpaired) electrons. The van der Waals surface area contributed by atoms with E-state index in [-0.39, 0.29) is 11.5 Å². The smallest absolute Gasteiger partial charge is 0.344 e. The van der Waals surface area contributed by atoms with Gasteiger partial charge in [-0.25, -0.2) is 19.6 Å². The predicted octanol–water partition coefficient (Wildman–Crippen LogP) is 4.04. The number of hydrogen-bond acceptors (Lipinski definition) is 10. The lowest BCUT2D eigenvalue weighted by atomic mass is 9.93. The average molecular weight is 543 g/mol. The van der Waals surface area contributed by atoms with Crippen LogP contribution in [0.25, 0.3) is 10.8 Å². The fraction of sp³-hybridized carbons (Fsp3) is 0.286. The lowest BCUT2D eigenvalue weighted by Gasteiger charge is -2.26. The van der Waals surface area contributed by atoms with Gasteiger partial charge in [0, 0.05) is 47.6 Å². The molecular weight excluding hydrogens is 516 g/mol. The Morgan fingerprint density at radius 1 is 0.900 bits per heavy atom. The van der Waals surface area contributed by atoms with Gasteiger partial charge in [0.2, 0.25) is 11.8 Å². The number of ether oxygens (including phenoxy) is 2. The Kier molecular flexibility index (Phi) is 6.18. The molecule has 4 heterocycles. The van der Waals surface area contributed by atoms with Crippen LogP contribution in [0.15, 0.2) is 59.3 Å². The van der Waals surface area contributed by atoms with Crippen molar-refractivity contribution in [1.82, 2.24) is 15.1 Å². The third-order valence-electron chi connectivity index (χ3n) is 6.67. The predicted molar refractivity (Wildman–Crippen MR) is 145 cm³/mol. The summed E-state index contributed by atoms with van der Waals surface area (Å²) in [6.45, 7) is 8.28. The number of anilines is 3. The van der Waals surface area contributed by atoms with Crippen molar-refractivity contribution in [2.24, 2.45) is 0 Å². The van der Waals surface area contributed by atoms with E-state index in [0.29, 0.717) is 60.4 Å². The quantitative estimate of drug-likeness (QED) is 0.269. The SMILES string of the molecule is CC(C)(C)c1cc(N2C(=O)C(=O)N(c3ccc(Oc4ccnc(N5CCOCC5)n4)c4ccccc34)C2=O)no1. The van der Waals surface area contributed by atoms with Crippen molar-refractivity contribution in [3.05, 3.63) is 60.5 Å². The van der Waals surface area contributed by atoms with E-state index >= 15 is 0 Å². The van der Waals surface area contributed by atoms with Crippen molar-refractivity contribution in [1.29, 1.82) is 0 Å². The van der Waals surface area contributed by atoms with Crippen molar-refractivity contribution >= 4 is 46.1 Å². The molecule has 2 aromatic heterocycles. The fourth-order valence-corrected chi connectivity index (χ4v) is 4.56. The molecule has 0 spiro atoms. The zero-order chi connectivity index (χ0) is 28.0. The summed E-state index contributed by atoms with van der Waals surface area (Å²) < 4.78 is 16.9. The van der Waals surface area contributed by atoms with E-state index in [0.717, 1.165) is 9.80 Å². The summed E-state index contributed by atoms with van der Waals surface area (Å²) in [5.74, 6) is -0.238. The number of carbonyl (C=O) groups excluding carboxylic acids is 3. The maximum Gasteiger partial charge on any atom is 0.344 e. The van der Waals surface area contributed by atoms with E-state index in [4.69, 9.17) is 14.0 Å². The molecule has 40 heavy (non-hydrogen) atoms. The molecule has 2 aliphatic rings. The minimum Gasteiger partial charge on any atom is -0.438 e. The number of aromatic nitrogens is 3. The van der Waals surface area contributed by atoms with E-state index in [9.17, 15) is 14.4 Å². The number of nitrogens with zero attached hydrogens (tertiary/aromatic N) is 6. The van der Waals surface area contributed by atoms with Crippen LogP contribution in [0.4, 0.5) is 22.2 Å². The first-order chi connectivity index (χ1) is 19.2. The third kappa shape index (κ3) is 4.41. The first-order valence-corrected chi connectivity index (χ1v) is 12.8. The average Bonchev–Trinajstić information content (AvgIpc) is 3.53. The van der Waals surface area contributed by atoms with Crippen LogP contribution in [0.5, 0.6) is 11.6 Å². The summed E-state index contributed by atoms with van der Waals surface area (Å²) in [5.41, 5.74) is -0.163. The molecule has 2 aromatic carbocycles. The van der Waals surface area contributed by atoms with Crippen LogP contribution in [0.2, 0.25) is 0 Å². The normalized spacial score (nSPS) is 16.4. The van der Waals surface area contributed by atoms with Crippen LogP contribution >= 0.6 is 0 Å². The molecule has 6 rings (SSSR count). The third-order valence-corrected chi connectivity index (χ3v) is 6.67. The number of urea groups is 1. The van der Waals surface area contributed by atoms with E-state index < -0.39 is 23.3 Å². The number of hydrogen-bond donors (Lipinski definition) is 0. The highest BCUT2D eigenvalue weighted by atomic mass is 16.5. The summed E-state index contributed by atoms with van der Waals surface area (Å²) in [6.07, 6.45) is 1.63. The minimum absolute atomic E-state index is 0.0418. The number of carbonyl (C=O) groups is 3. The number of fused-ring (bicyclic) bond motifs is 1. The zero-order valence-corrected chi connectivity index (χ0v) is 22.2. The van der Waals surface area contributed by atoms with Crippen LogP contribution in [0.1, 0.15) is 26.5 Å². The summed E-state index contributed by atoms with van der Waals surface area (Å²) in [6, 6.07) is 12.6. The largest absolute Gasteiger partial charge is 0.438 e. The highest BCUT2D eigenvalue weighted by molar-refractivity contribution is 6.60. The van der Waals surface area contributed by atoms with E-state index in [1.54, 1.807) is 42.6 Å². The summed E-state index contributed by atoms with van der Waals surface area (Å²) in [4.78, 5) is 52.0. The van der Waals surface area contributed by atoms with Gasteiger partial charge in [-0.15, -0.1) is 0 Å². The second-order valence-electron chi connectivity index (χ2n) is 10.4. The van der Waals surface area contributed by atoms with Gasteiger partial charge in [0.25, 0.3) is 0 Å². The molecule has 0 aliphatic carbocycles. The van der Waals surface area contributed by atoms with Gasteiger partial charge in [-0.2, -0.15) is 4.98 Å². The highest BCUT2D eigenvalue weighted by Gasteiger charge is 2.48. The van der Waals surface area contributed by atoms with Gasteiger partial charge in [0.1, 0.15) is 11.5 Å². The molecule has 2 fully saturated rings. The van der Waals surface area contributed by atoms with Gasteiger partial charge in [-0.1, -0.05) is 50.2 Å². The molecule has 0 unspecified atom stereocenters. The first-order valence-electron chi connectivity index (χ1n) is 12.8. The summed E-state index contributed by atoms with van der Waals surface area (Å²) in [5, 5.41) is 5.04. The zero-order valence-electron chi connectivity index (χ0n) is 22.2.